The van der Waals surface area contributed by atoms with Crippen molar-refractivity contribution < 1.29 is 4.79 Å². The van der Waals surface area contributed by atoms with E-state index in [9.17, 15) is 4.79 Å². The number of nitriles is 1. The molecule has 0 saturated heterocycles. The molecule has 1 atom stereocenters. The molecule has 1 amide bonds. The van der Waals surface area contributed by atoms with Crippen molar-refractivity contribution in [3.63, 3.8) is 0 Å². The Morgan fingerprint density at radius 2 is 2.26 bits per heavy atom. The molecule has 5 nitrogen and oxygen atoms in total. The predicted octanol–water partition coefficient (Wildman–Crippen LogP) is 1.61. The third-order valence-electron chi connectivity index (χ3n) is 2.95. The van der Waals surface area contributed by atoms with Gasteiger partial charge in [-0.25, -0.2) is 0 Å². The van der Waals surface area contributed by atoms with Crippen LogP contribution in [0, 0.1) is 17.2 Å². The van der Waals surface area contributed by atoms with Gasteiger partial charge in [0, 0.05) is 25.7 Å². The lowest BCUT2D eigenvalue weighted by Crippen LogP contribution is -2.28. The second kappa shape index (κ2) is 6.64. The van der Waals surface area contributed by atoms with Crippen LogP contribution in [0.4, 0.5) is 11.4 Å². The Bertz CT molecular complexity index is 493. The van der Waals surface area contributed by atoms with Crippen molar-refractivity contribution in [2.45, 2.75) is 13.8 Å². The van der Waals surface area contributed by atoms with Crippen LogP contribution in [0.1, 0.15) is 24.2 Å². The lowest BCUT2D eigenvalue weighted by atomic mass is 10.1. The Hall–Kier alpha value is -2.22. The van der Waals surface area contributed by atoms with E-state index < -0.39 is 0 Å². The Labute approximate surface area is 114 Å². The van der Waals surface area contributed by atoms with Gasteiger partial charge in [0.05, 0.1) is 23.4 Å². The van der Waals surface area contributed by atoms with Crippen LogP contribution in [-0.2, 0) is 0 Å². The number of nitrogens with two attached hydrogens (primary N) is 1. The zero-order valence-corrected chi connectivity index (χ0v) is 11.6. The maximum absolute atomic E-state index is 11.5. The summed E-state index contributed by atoms with van der Waals surface area (Å²) in [5.74, 6) is -0.232. The van der Waals surface area contributed by atoms with Gasteiger partial charge in [0.25, 0.3) is 5.91 Å². The smallest absolute Gasteiger partial charge is 0.251 e. The van der Waals surface area contributed by atoms with Crippen molar-refractivity contribution in [3.05, 3.63) is 23.8 Å². The molecule has 1 rings (SSSR count). The van der Waals surface area contributed by atoms with E-state index in [2.05, 4.69) is 11.4 Å². The Morgan fingerprint density at radius 1 is 1.58 bits per heavy atom. The number of nitrogen functional groups attached to an aromatic ring is 1. The second-order valence-electron chi connectivity index (χ2n) is 4.42. The Balaban J connectivity index is 3.00. The molecule has 5 heteroatoms. The summed E-state index contributed by atoms with van der Waals surface area (Å²) in [4.78, 5) is 13.6. The summed E-state index contributed by atoms with van der Waals surface area (Å²) in [6, 6.07) is 7.44. The van der Waals surface area contributed by atoms with Gasteiger partial charge in [-0.15, -0.1) is 0 Å². The molecule has 0 heterocycles. The van der Waals surface area contributed by atoms with Gasteiger partial charge in [-0.2, -0.15) is 5.26 Å². The minimum Gasteiger partial charge on any atom is -0.397 e. The number of nitrogens with one attached hydrogen (secondary N) is 1. The molecule has 0 aliphatic rings. The van der Waals surface area contributed by atoms with E-state index in [1.165, 1.54) is 0 Å². The number of carbonyl (C=O) groups is 1. The van der Waals surface area contributed by atoms with Crippen LogP contribution in [0.25, 0.3) is 0 Å². The standard InChI is InChI=1S/C14H20N4O/c1-4-18(9-10(2)8-15)13-6-5-11(7-12(13)16)14(19)17-3/h5-7,10H,4,9,16H2,1-3H3,(H,17,19). The molecule has 1 aromatic carbocycles. The van der Waals surface area contributed by atoms with Crippen LogP contribution in [-0.4, -0.2) is 26.0 Å². The average molecular weight is 260 g/mol. The fourth-order valence-electron chi connectivity index (χ4n) is 1.90. The number of benzene rings is 1. The molecule has 0 saturated carbocycles. The van der Waals surface area contributed by atoms with Crippen molar-refractivity contribution in [1.29, 1.82) is 5.26 Å². The summed E-state index contributed by atoms with van der Waals surface area (Å²) < 4.78 is 0. The summed E-state index contributed by atoms with van der Waals surface area (Å²) in [6.07, 6.45) is 0. The van der Waals surface area contributed by atoms with E-state index in [1.807, 2.05) is 24.8 Å². The van der Waals surface area contributed by atoms with Crippen molar-refractivity contribution in [2.24, 2.45) is 5.92 Å². The molecule has 0 spiro atoms. The van der Waals surface area contributed by atoms with E-state index in [0.29, 0.717) is 17.8 Å². The highest BCUT2D eigenvalue weighted by atomic mass is 16.1. The van der Waals surface area contributed by atoms with Gasteiger partial charge in [-0.05, 0) is 32.0 Å². The zero-order chi connectivity index (χ0) is 14.4. The number of rotatable bonds is 5. The number of nitrogens with zero attached hydrogens (tertiary/aromatic N) is 2. The van der Waals surface area contributed by atoms with E-state index in [4.69, 9.17) is 11.0 Å². The number of hydrogen-bond acceptors (Lipinski definition) is 4. The van der Waals surface area contributed by atoms with Crippen molar-refractivity contribution in [1.82, 2.24) is 5.32 Å². The average Bonchev–Trinajstić information content (AvgIpc) is 2.43. The van der Waals surface area contributed by atoms with Crippen LogP contribution in [0.5, 0.6) is 0 Å². The highest BCUT2D eigenvalue weighted by Crippen LogP contribution is 2.25. The first-order valence-corrected chi connectivity index (χ1v) is 6.29. The molecule has 1 unspecified atom stereocenters. The minimum absolute atomic E-state index is 0.0713. The third kappa shape index (κ3) is 3.62. The molecule has 0 aliphatic heterocycles. The summed E-state index contributed by atoms with van der Waals surface area (Å²) in [5, 5.41) is 11.4. The highest BCUT2D eigenvalue weighted by Gasteiger charge is 2.13. The lowest BCUT2D eigenvalue weighted by Gasteiger charge is -2.25. The van der Waals surface area contributed by atoms with Crippen LogP contribution < -0.4 is 16.0 Å². The molecular formula is C14H20N4O. The molecular weight excluding hydrogens is 240 g/mol. The first-order valence-electron chi connectivity index (χ1n) is 6.29. The maximum atomic E-state index is 11.5. The predicted molar refractivity (Wildman–Crippen MR) is 76.9 cm³/mol. The molecule has 1 aromatic rings. The SMILES string of the molecule is CCN(CC(C)C#N)c1ccc(C(=O)NC)cc1N. The summed E-state index contributed by atoms with van der Waals surface area (Å²) in [5.41, 5.74) is 7.95. The Kier molecular flexibility index (Phi) is 5.19. The monoisotopic (exact) mass is 260 g/mol. The minimum atomic E-state index is -0.160. The van der Waals surface area contributed by atoms with Crippen molar-refractivity contribution in [2.75, 3.05) is 30.8 Å². The van der Waals surface area contributed by atoms with Gasteiger partial charge in [0.2, 0.25) is 0 Å². The quantitative estimate of drug-likeness (QED) is 0.788. The fraction of sp³-hybridized carbons (Fsp3) is 0.429. The first kappa shape index (κ1) is 14.8. The molecule has 0 bridgehead atoms. The molecule has 19 heavy (non-hydrogen) atoms. The van der Waals surface area contributed by atoms with Crippen molar-refractivity contribution >= 4 is 17.3 Å². The number of carbonyl (C=O) groups excluding carboxylic acids is 1. The molecule has 102 valence electrons. The van der Waals surface area contributed by atoms with Gasteiger partial charge in [-0.3, -0.25) is 4.79 Å². The zero-order valence-electron chi connectivity index (χ0n) is 11.6. The number of anilines is 2. The van der Waals surface area contributed by atoms with Gasteiger partial charge in [0.15, 0.2) is 0 Å². The normalized spacial score (nSPS) is 11.5. The maximum Gasteiger partial charge on any atom is 0.251 e. The highest BCUT2D eigenvalue weighted by molar-refractivity contribution is 5.96. The number of hydrogen-bond donors (Lipinski definition) is 2. The van der Waals surface area contributed by atoms with Gasteiger partial charge < -0.3 is 16.0 Å². The third-order valence-corrected chi connectivity index (χ3v) is 2.95. The van der Waals surface area contributed by atoms with Crippen LogP contribution in [0.15, 0.2) is 18.2 Å². The molecule has 0 aromatic heterocycles. The second-order valence-corrected chi connectivity index (χ2v) is 4.42. The van der Waals surface area contributed by atoms with Gasteiger partial charge >= 0.3 is 0 Å². The van der Waals surface area contributed by atoms with Crippen LogP contribution >= 0.6 is 0 Å². The first-order chi connectivity index (χ1) is 9.03. The summed E-state index contributed by atoms with van der Waals surface area (Å²) >= 11 is 0. The lowest BCUT2D eigenvalue weighted by molar-refractivity contribution is 0.0963. The molecule has 0 fully saturated rings. The van der Waals surface area contributed by atoms with E-state index >= 15 is 0 Å². The van der Waals surface area contributed by atoms with Crippen LogP contribution in [0.2, 0.25) is 0 Å². The number of amides is 1. The van der Waals surface area contributed by atoms with Gasteiger partial charge in [-0.1, -0.05) is 0 Å². The summed E-state index contributed by atoms with van der Waals surface area (Å²) in [6.45, 7) is 5.26. The molecule has 0 radical (unpaired) electrons. The van der Waals surface area contributed by atoms with E-state index in [-0.39, 0.29) is 11.8 Å². The fourth-order valence-corrected chi connectivity index (χ4v) is 1.90. The van der Waals surface area contributed by atoms with E-state index in [0.717, 1.165) is 12.2 Å². The van der Waals surface area contributed by atoms with E-state index in [1.54, 1.807) is 19.2 Å². The van der Waals surface area contributed by atoms with Crippen LogP contribution in [0.3, 0.4) is 0 Å². The topological polar surface area (TPSA) is 82.2 Å². The van der Waals surface area contributed by atoms with Gasteiger partial charge in [0.1, 0.15) is 0 Å². The molecule has 0 aliphatic carbocycles. The Morgan fingerprint density at radius 3 is 2.74 bits per heavy atom. The summed E-state index contributed by atoms with van der Waals surface area (Å²) in [7, 11) is 1.58. The largest absolute Gasteiger partial charge is 0.397 e. The van der Waals surface area contributed by atoms with Crippen molar-refractivity contribution in [3.8, 4) is 6.07 Å². The molecule has 3 N–H and O–H groups in total.